The average Bonchev–Trinajstić information content (AvgIpc) is 3.34. The number of ether oxygens (including phenoxy) is 1. The molecule has 2 aliphatic rings. The first-order valence-electron chi connectivity index (χ1n) is 10.6. The molecule has 1 aromatic carbocycles. The van der Waals surface area contributed by atoms with Crippen LogP contribution in [-0.4, -0.2) is 35.6 Å². The minimum Gasteiger partial charge on any atom is -0.461 e. The van der Waals surface area contributed by atoms with Gasteiger partial charge < -0.3 is 19.9 Å². The van der Waals surface area contributed by atoms with Gasteiger partial charge in [0, 0.05) is 23.6 Å². The summed E-state index contributed by atoms with van der Waals surface area (Å²) in [5.41, 5.74) is 4.96. The lowest BCUT2D eigenvalue weighted by molar-refractivity contribution is -0.117. The number of benzene rings is 1. The van der Waals surface area contributed by atoms with Crippen molar-refractivity contribution in [2.24, 2.45) is 7.05 Å². The first-order chi connectivity index (χ1) is 14.1. The molecule has 29 heavy (non-hydrogen) atoms. The highest BCUT2D eigenvalue weighted by Gasteiger charge is 2.30. The lowest BCUT2D eigenvalue weighted by atomic mass is 9.88. The molecule has 2 heterocycles. The Hall–Kier alpha value is -2.60. The van der Waals surface area contributed by atoms with E-state index in [9.17, 15) is 9.59 Å². The highest BCUT2D eigenvalue weighted by Crippen LogP contribution is 2.31. The molecule has 1 aliphatic carbocycles. The number of nitrogens with zero attached hydrogens (tertiary/aromatic N) is 1. The number of hydrogen-bond acceptors (Lipinski definition) is 4. The highest BCUT2D eigenvalue weighted by atomic mass is 16.5. The van der Waals surface area contributed by atoms with Gasteiger partial charge in [0.15, 0.2) is 0 Å². The Morgan fingerprint density at radius 2 is 1.97 bits per heavy atom. The van der Waals surface area contributed by atoms with Gasteiger partial charge in [-0.3, -0.25) is 4.79 Å². The van der Waals surface area contributed by atoms with Crippen molar-refractivity contribution in [2.75, 3.05) is 18.5 Å². The Labute approximate surface area is 171 Å². The zero-order valence-corrected chi connectivity index (χ0v) is 17.2. The zero-order valence-electron chi connectivity index (χ0n) is 17.2. The average molecular weight is 396 g/mol. The minimum atomic E-state index is -0.337. The Bertz CT molecular complexity index is 965. The molecule has 4 rings (SSSR count). The van der Waals surface area contributed by atoms with E-state index in [1.165, 1.54) is 30.4 Å². The number of allylic oxidation sites excluding steroid dienone is 1. The molecule has 1 saturated carbocycles. The molecular weight excluding hydrogens is 366 g/mol. The number of aryl methyl sites for hydroxylation is 1. The third kappa shape index (κ3) is 3.94. The van der Waals surface area contributed by atoms with Gasteiger partial charge >= 0.3 is 5.97 Å². The van der Waals surface area contributed by atoms with Crippen molar-refractivity contribution < 1.29 is 14.3 Å². The molecule has 6 nitrogen and oxygen atoms in total. The molecule has 1 aromatic heterocycles. The predicted octanol–water partition coefficient (Wildman–Crippen LogP) is 3.92. The topological polar surface area (TPSA) is 72.4 Å². The van der Waals surface area contributed by atoms with Crippen LogP contribution >= 0.6 is 0 Å². The molecule has 2 N–H and O–H groups in total. The van der Waals surface area contributed by atoms with Crippen LogP contribution < -0.4 is 10.6 Å². The summed E-state index contributed by atoms with van der Waals surface area (Å²) in [6.45, 7) is 2.99. The van der Waals surface area contributed by atoms with Crippen LogP contribution in [-0.2, 0) is 16.6 Å². The fourth-order valence-electron chi connectivity index (χ4n) is 4.59. The van der Waals surface area contributed by atoms with Crippen LogP contribution in [0.1, 0.15) is 55.9 Å². The van der Waals surface area contributed by atoms with E-state index in [-0.39, 0.29) is 17.9 Å². The van der Waals surface area contributed by atoms with Gasteiger partial charge in [-0.2, -0.15) is 0 Å². The molecule has 0 bridgehead atoms. The number of amides is 1. The number of carbonyl (C=O) groups is 2. The monoisotopic (exact) mass is 395 g/mol. The molecule has 0 spiro atoms. The van der Waals surface area contributed by atoms with Crippen molar-refractivity contribution in [2.45, 2.75) is 51.5 Å². The lowest BCUT2D eigenvalue weighted by Gasteiger charge is -2.20. The number of nitrogens with one attached hydrogen (secondary N) is 2. The van der Waals surface area contributed by atoms with Crippen molar-refractivity contribution in [1.29, 1.82) is 0 Å². The van der Waals surface area contributed by atoms with E-state index in [0.717, 1.165) is 42.4 Å². The molecule has 1 saturated heterocycles. The normalized spacial score (nSPS) is 19.6. The van der Waals surface area contributed by atoms with Crippen LogP contribution in [0.5, 0.6) is 0 Å². The van der Waals surface area contributed by atoms with Crippen molar-refractivity contribution in [3.63, 3.8) is 0 Å². The van der Waals surface area contributed by atoms with E-state index in [0.29, 0.717) is 12.3 Å². The minimum absolute atomic E-state index is 0.00327. The standard InChI is InChI=1S/C23H29N3O3/c1-3-29-23(28)20-14-16-13-17(9-10-19(16)26(20)2)25-22(27)21-18(11-12-24-21)15-7-5-4-6-8-15/h9-10,13-14,21,24H,3-8,11-12H2,1-2H3,(H,25,27)/t21-/m0/s1. The number of fused-ring (bicyclic) bond motifs is 1. The summed E-state index contributed by atoms with van der Waals surface area (Å²) < 4.78 is 6.95. The van der Waals surface area contributed by atoms with Gasteiger partial charge in [-0.1, -0.05) is 12.0 Å². The van der Waals surface area contributed by atoms with Crippen molar-refractivity contribution >= 4 is 28.5 Å². The summed E-state index contributed by atoms with van der Waals surface area (Å²) in [5.74, 6) is -0.341. The molecule has 2 fully saturated rings. The van der Waals surface area contributed by atoms with E-state index in [1.54, 1.807) is 6.92 Å². The quantitative estimate of drug-likeness (QED) is 0.608. The smallest absolute Gasteiger partial charge is 0.354 e. The molecule has 154 valence electrons. The van der Waals surface area contributed by atoms with Gasteiger partial charge in [0.05, 0.1) is 6.61 Å². The zero-order chi connectivity index (χ0) is 20.4. The van der Waals surface area contributed by atoms with E-state index in [1.807, 2.05) is 35.9 Å². The molecule has 1 amide bonds. The van der Waals surface area contributed by atoms with Gasteiger partial charge in [-0.25, -0.2) is 4.79 Å². The first-order valence-corrected chi connectivity index (χ1v) is 10.6. The fourth-order valence-corrected chi connectivity index (χ4v) is 4.59. The van der Waals surface area contributed by atoms with Crippen LogP contribution in [0.4, 0.5) is 5.69 Å². The second-order valence-electron chi connectivity index (χ2n) is 7.90. The number of anilines is 1. The largest absolute Gasteiger partial charge is 0.461 e. The van der Waals surface area contributed by atoms with Gasteiger partial charge in [0.25, 0.3) is 0 Å². The summed E-state index contributed by atoms with van der Waals surface area (Å²) in [7, 11) is 1.85. The summed E-state index contributed by atoms with van der Waals surface area (Å²) in [4.78, 5) is 25.1. The van der Waals surface area contributed by atoms with Gasteiger partial charge in [-0.05, 0) is 75.4 Å². The highest BCUT2D eigenvalue weighted by molar-refractivity contribution is 6.01. The summed E-state index contributed by atoms with van der Waals surface area (Å²) >= 11 is 0. The van der Waals surface area contributed by atoms with Crippen molar-refractivity contribution in [1.82, 2.24) is 9.88 Å². The third-order valence-electron chi connectivity index (χ3n) is 6.06. The lowest BCUT2D eigenvalue weighted by Crippen LogP contribution is -2.37. The van der Waals surface area contributed by atoms with Crippen LogP contribution in [0.15, 0.2) is 35.4 Å². The van der Waals surface area contributed by atoms with Crippen LogP contribution in [0.2, 0.25) is 0 Å². The third-order valence-corrected chi connectivity index (χ3v) is 6.06. The van der Waals surface area contributed by atoms with Gasteiger partial charge in [0.1, 0.15) is 11.7 Å². The molecule has 2 aromatic rings. The number of rotatable bonds is 4. The Balaban J connectivity index is 1.54. The molecular formula is C23H29N3O3. The summed E-state index contributed by atoms with van der Waals surface area (Å²) in [5, 5.41) is 7.34. The summed E-state index contributed by atoms with van der Waals surface area (Å²) in [6, 6.07) is 7.31. The van der Waals surface area contributed by atoms with Gasteiger partial charge in [0.2, 0.25) is 5.91 Å². The molecule has 1 atom stereocenters. The van der Waals surface area contributed by atoms with Crippen LogP contribution in [0.3, 0.4) is 0 Å². The second-order valence-corrected chi connectivity index (χ2v) is 7.90. The predicted molar refractivity (Wildman–Crippen MR) is 114 cm³/mol. The molecule has 6 heteroatoms. The van der Waals surface area contributed by atoms with E-state index in [2.05, 4.69) is 10.6 Å². The van der Waals surface area contributed by atoms with E-state index < -0.39 is 0 Å². The molecule has 0 radical (unpaired) electrons. The van der Waals surface area contributed by atoms with Crippen LogP contribution in [0, 0.1) is 0 Å². The second kappa shape index (κ2) is 8.41. The number of esters is 1. The number of carbonyl (C=O) groups excluding carboxylic acids is 2. The maximum atomic E-state index is 13.0. The maximum absolute atomic E-state index is 13.0. The van der Waals surface area contributed by atoms with Gasteiger partial charge in [-0.15, -0.1) is 0 Å². The Kier molecular flexibility index (Phi) is 5.72. The van der Waals surface area contributed by atoms with E-state index >= 15 is 0 Å². The fraction of sp³-hybridized carbons (Fsp3) is 0.478. The first kappa shape index (κ1) is 19.7. The SMILES string of the molecule is CCOC(=O)c1cc2cc(NC(=O)[C@H]3NCCC3=C3CCCCC3)ccc2n1C. The van der Waals surface area contributed by atoms with E-state index in [4.69, 9.17) is 4.74 Å². The Morgan fingerprint density at radius 1 is 1.17 bits per heavy atom. The maximum Gasteiger partial charge on any atom is 0.354 e. The Morgan fingerprint density at radius 3 is 2.72 bits per heavy atom. The van der Waals surface area contributed by atoms with Crippen molar-refractivity contribution in [3.8, 4) is 0 Å². The number of hydrogen-bond donors (Lipinski definition) is 2. The molecule has 0 unspecified atom stereocenters. The molecule has 1 aliphatic heterocycles. The van der Waals surface area contributed by atoms with Crippen LogP contribution in [0.25, 0.3) is 10.9 Å². The number of aromatic nitrogens is 1. The summed E-state index contributed by atoms with van der Waals surface area (Å²) in [6.07, 6.45) is 7.00. The van der Waals surface area contributed by atoms with Crippen molar-refractivity contribution in [3.05, 3.63) is 41.1 Å².